The minimum absolute atomic E-state index is 0.482. The van der Waals surface area contributed by atoms with Gasteiger partial charge in [-0.05, 0) is 18.6 Å². The van der Waals surface area contributed by atoms with Crippen molar-refractivity contribution >= 4 is 27.3 Å². The molecule has 0 aliphatic heterocycles. The highest BCUT2D eigenvalue weighted by atomic mass is 79.9. The molecule has 0 saturated heterocycles. The zero-order valence-corrected chi connectivity index (χ0v) is 11.3. The van der Waals surface area contributed by atoms with Crippen LogP contribution in [0.3, 0.4) is 0 Å². The van der Waals surface area contributed by atoms with E-state index in [1.807, 2.05) is 23.6 Å². The topological polar surface area (TPSA) is 33.1 Å². The number of hydrogen-bond acceptors (Lipinski definition) is 3. The van der Waals surface area contributed by atoms with Crippen LogP contribution >= 0.6 is 27.3 Å². The number of aromatic nitrogens is 1. The zero-order valence-electron chi connectivity index (χ0n) is 8.85. The predicted octanol–water partition coefficient (Wildman–Crippen LogP) is 3.55. The van der Waals surface area contributed by atoms with Crippen LogP contribution in [0.5, 0.6) is 0 Å². The lowest BCUT2D eigenvalue weighted by atomic mass is 10.2. The van der Waals surface area contributed by atoms with Crippen molar-refractivity contribution in [1.29, 1.82) is 0 Å². The fourth-order valence-corrected chi connectivity index (χ4v) is 2.73. The molecule has 0 fully saturated rings. The van der Waals surface area contributed by atoms with Crippen molar-refractivity contribution in [1.82, 2.24) is 4.98 Å². The summed E-state index contributed by atoms with van der Waals surface area (Å²) in [6.07, 6.45) is 0.322. The van der Waals surface area contributed by atoms with Crippen molar-refractivity contribution in [3.63, 3.8) is 0 Å². The molecule has 1 heterocycles. The van der Waals surface area contributed by atoms with Crippen LogP contribution in [0.4, 0.5) is 0 Å². The van der Waals surface area contributed by atoms with Gasteiger partial charge in [0.25, 0.3) is 0 Å². The molecule has 4 heteroatoms. The molecule has 2 nitrogen and oxygen atoms in total. The lowest BCUT2D eigenvalue weighted by Gasteiger charge is -2.01. The van der Waals surface area contributed by atoms with E-state index in [4.69, 9.17) is 0 Å². The van der Waals surface area contributed by atoms with E-state index >= 15 is 0 Å². The molecule has 1 N–H and O–H groups in total. The van der Waals surface area contributed by atoms with Gasteiger partial charge in [-0.2, -0.15) is 0 Å². The molecule has 1 unspecified atom stereocenters. The number of nitrogens with zero attached hydrogens (tertiary/aromatic N) is 1. The highest BCUT2D eigenvalue weighted by Crippen LogP contribution is 2.23. The average Bonchev–Trinajstić information content (AvgIpc) is 2.70. The summed E-state index contributed by atoms with van der Waals surface area (Å²) in [6.45, 7) is 1.73. The van der Waals surface area contributed by atoms with Gasteiger partial charge >= 0.3 is 0 Å². The number of thiazole rings is 1. The molecule has 2 aromatic rings. The molecule has 0 bridgehead atoms. The van der Waals surface area contributed by atoms with E-state index < -0.39 is 6.10 Å². The van der Waals surface area contributed by atoms with Crippen LogP contribution in [0.1, 0.15) is 29.3 Å². The van der Waals surface area contributed by atoms with E-state index in [2.05, 4.69) is 27.0 Å². The van der Waals surface area contributed by atoms with E-state index in [0.717, 1.165) is 21.6 Å². The van der Waals surface area contributed by atoms with Crippen LogP contribution in [0, 0.1) is 0 Å². The summed E-state index contributed by atoms with van der Waals surface area (Å²) in [7, 11) is 0. The van der Waals surface area contributed by atoms with Crippen LogP contribution in [0.25, 0.3) is 0 Å². The molecular weight excluding hydrogens is 286 g/mol. The van der Waals surface area contributed by atoms with Crippen LogP contribution < -0.4 is 0 Å². The van der Waals surface area contributed by atoms with Gasteiger partial charge in [0.2, 0.25) is 0 Å². The first-order chi connectivity index (χ1) is 7.66. The normalized spacial score (nSPS) is 12.7. The third-order valence-corrected chi connectivity index (χ3v) is 3.94. The third kappa shape index (κ3) is 2.70. The molecule has 16 heavy (non-hydrogen) atoms. The summed E-state index contributed by atoms with van der Waals surface area (Å²) in [5.74, 6) is 0. The van der Waals surface area contributed by atoms with Crippen molar-refractivity contribution in [3.05, 3.63) is 50.4 Å². The quantitative estimate of drug-likeness (QED) is 0.940. The molecule has 2 rings (SSSR count). The summed E-state index contributed by atoms with van der Waals surface area (Å²) >= 11 is 5.11. The Kier molecular flexibility index (Phi) is 3.74. The van der Waals surface area contributed by atoms with Crippen molar-refractivity contribution in [2.75, 3.05) is 0 Å². The van der Waals surface area contributed by atoms with Crippen LogP contribution in [-0.2, 0) is 6.42 Å². The molecule has 0 aliphatic rings. The number of benzene rings is 1. The number of aliphatic hydroxyl groups excluding tert-OH is 1. The van der Waals surface area contributed by atoms with Gasteiger partial charge in [0.05, 0.1) is 16.8 Å². The Morgan fingerprint density at radius 1 is 1.44 bits per heavy atom. The van der Waals surface area contributed by atoms with Gasteiger partial charge < -0.3 is 5.11 Å². The van der Waals surface area contributed by atoms with E-state index in [1.54, 1.807) is 18.3 Å². The number of aliphatic hydroxyl groups is 1. The maximum atomic E-state index is 9.39. The van der Waals surface area contributed by atoms with Crippen molar-refractivity contribution in [2.45, 2.75) is 19.4 Å². The SMILES string of the molecule is CC(O)c1csc(Cc2ccccc2Br)n1. The van der Waals surface area contributed by atoms with E-state index in [0.29, 0.717) is 0 Å². The second kappa shape index (κ2) is 5.08. The Morgan fingerprint density at radius 2 is 2.19 bits per heavy atom. The summed E-state index contributed by atoms with van der Waals surface area (Å²) < 4.78 is 1.10. The van der Waals surface area contributed by atoms with Crippen LogP contribution in [0.2, 0.25) is 0 Å². The average molecular weight is 298 g/mol. The van der Waals surface area contributed by atoms with Crippen LogP contribution in [0.15, 0.2) is 34.1 Å². The first kappa shape index (κ1) is 11.8. The number of rotatable bonds is 3. The monoisotopic (exact) mass is 297 g/mol. The molecule has 0 radical (unpaired) electrons. The van der Waals surface area contributed by atoms with Gasteiger partial charge in [-0.3, -0.25) is 0 Å². The zero-order chi connectivity index (χ0) is 11.5. The fraction of sp³-hybridized carbons (Fsp3) is 0.250. The minimum Gasteiger partial charge on any atom is -0.387 e. The highest BCUT2D eigenvalue weighted by Gasteiger charge is 2.08. The molecule has 1 atom stereocenters. The molecule has 84 valence electrons. The molecule has 0 aliphatic carbocycles. The van der Waals surface area contributed by atoms with E-state index in [-0.39, 0.29) is 0 Å². The minimum atomic E-state index is -0.482. The third-order valence-electron chi connectivity index (χ3n) is 2.30. The molecule has 0 amide bonds. The summed E-state index contributed by atoms with van der Waals surface area (Å²) in [4.78, 5) is 4.39. The Morgan fingerprint density at radius 3 is 2.81 bits per heavy atom. The lowest BCUT2D eigenvalue weighted by Crippen LogP contribution is -1.93. The first-order valence-electron chi connectivity index (χ1n) is 5.02. The molecule has 1 aromatic carbocycles. The molecule has 0 saturated carbocycles. The largest absolute Gasteiger partial charge is 0.387 e. The molecule has 1 aromatic heterocycles. The molecular formula is C12H12BrNOS. The predicted molar refractivity (Wildman–Crippen MR) is 69.7 cm³/mol. The summed E-state index contributed by atoms with van der Waals surface area (Å²) in [5.41, 5.74) is 1.97. The molecule has 0 spiro atoms. The summed E-state index contributed by atoms with van der Waals surface area (Å²) in [5, 5.41) is 12.3. The Balaban J connectivity index is 2.18. The maximum absolute atomic E-state index is 9.39. The Bertz CT molecular complexity index is 481. The fourth-order valence-electron chi connectivity index (χ4n) is 1.40. The smallest absolute Gasteiger partial charge is 0.0973 e. The van der Waals surface area contributed by atoms with Gasteiger partial charge in [0.15, 0.2) is 0 Å². The first-order valence-corrected chi connectivity index (χ1v) is 6.70. The van der Waals surface area contributed by atoms with Crippen LogP contribution in [-0.4, -0.2) is 10.1 Å². The Hall–Kier alpha value is -0.710. The van der Waals surface area contributed by atoms with Crippen molar-refractivity contribution < 1.29 is 5.11 Å². The van der Waals surface area contributed by atoms with Crippen molar-refractivity contribution in [2.24, 2.45) is 0 Å². The Labute approximate surface area is 107 Å². The van der Waals surface area contributed by atoms with Gasteiger partial charge in [0.1, 0.15) is 0 Å². The van der Waals surface area contributed by atoms with Gasteiger partial charge in [-0.15, -0.1) is 11.3 Å². The van der Waals surface area contributed by atoms with Gasteiger partial charge in [0, 0.05) is 16.3 Å². The second-order valence-corrected chi connectivity index (χ2v) is 5.41. The lowest BCUT2D eigenvalue weighted by molar-refractivity contribution is 0.195. The second-order valence-electron chi connectivity index (χ2n) is 3.61. The van der Waals surface area contributed by atoms with Gasteiger partial charge in [-0.1, -0.05) is 34.1 Å². The maximum Gasteiger partial charge on any atom is 0.0973 e. The standard InChI is InChI=1S/C12H12BrNOS/c1-8(15)11-7-16-12(14-11)6-9-4-2-3-5-10(9)13/h2-5,7-8,15H,6H2,1H3. The summed E-state index contributed by atoms with van der Waals surface area (Å²) in [6, 6.07) is 8.12. The van der Waals surface area contributed by atoms with E-state index in [9.17, 15) is 5.11 Å². The van der Waals surface area contributed by atoms with Crippen molar-refractivity contribution in [3.8, 4) is 0 Å². The number of hydrogen-bond donors (Lipinski definition) is 1. The highest BCUT2D eigenvalue weighted by molar-refractivity contribution is 9.10. The van der Waals surface area contributed by atoms with Gasteiger partial charge in [-0.25, -0.2) is 4.98 Å². The number of halogens is 1. The van der Waals surface area contributed by atoms with E-state index in [1.165, 1.54) is 5.56 Å².